The number of carbonyl (C=O) groups excluding carboxylic acids is 4. The number of oxazole rings is 2. The fourth-order valence-corrected chi connectivity index (χ4v) is 8.21. The lowest BCUT2D eigenvalue weighted by atomic mass is 10.0. The van der Waals surface area contributed by atoms with Crippen LogP contribution in [0.5, 0.6) is 0 Å². The Bertz CT molecular complexity index is 2390. The molecule has 1 aliphatic heterocycles. The number of unbranched alkanes of at least 4 members (excludes halogenated alkanes) is 4. The highest BCUT2D eigenvalue weighted by Gasteiger charge is 2.29. The summed E-state index contributed by atoms with van der Waals surface area (Å²) in [7, 11) is 2.04. The number of hydrogen-bond donors (Lipinski definition) is 3. The van der Waals surface area contributed by atoms with Crippen molar-refractivity contribution in [1.82, 2.24) is 30.5 Å². The third kappa shape index (κ3) is 14.7. The molecule has 0 radical (unpaired) electrons. The van der Waals surface area contributed by atoms with Crippen molar-refractivity contribution in [3.8, 4) is 22.6 Å². The van der Waals surface area contributed by atoms with Crippen molar-refractivity contribution >= 4 is 34.3 Å². The molecule has 3 atom stereocenters. The molecule has 1 unspecified atom stereocenters. The maximum Gasteiger partial charge on any atom is 0.252 e. The maximum absolute atomic E-state index is 13.2. The predicted octanol–water partition coefficient (Wildman–Crippen LogP) is 11.5. The zero-order chi connectivity index (χ0) is 45.8. The van der Waals surface area contributed by atoms with E-state index in [-0.39, 0.29) is 29.9 Å². The number of ketones is 2. The van der Waals surface area contributed by atoms with E-state index < -0.39 is 0 Å². The second kappa shape index (κ2) is 25.4. The SMILES string of the molecule is CCC(=O)CCCCCC(NC(=O)c1ccc2cc[nH]c2c1)c1ncc(-c2ccccc2)o1.CCC(=O)CCCCC[C@H](NC(=O)[C@@H]1CCCCCN1C)c1ncc(-c2ccccc2)o1. The van der Waals surface area contributed by atoms with E-state index in [1.807, 2.05) is 112 Å². The van der Waals surface area contributed by atoms with Gasteiger partial charge in [-0.2, -0.15) is 0 Å². The predicted molar refractivity (Wildman–Crippen MR) is 255 cm³/mol. The van der Waals surface area contributed by atoms with E-state index in [0.29, 0.717) is 72.5 Å². The first kappa shape index (κ1) is 48.3. The van der Waals surface area contributed by atoms with E-state index in [4.69, 9.17) is 8.83 Å². The number of aromatic amines is 1. The molecular formula is C53H66N6O6. The number of Topliss-reactive ketones (excluding diaryl/α,β-unsaturated/α-hetero) is 2. The van der Waals surface area contributed by atoms with Gasteiger partial charge in [-0.15, -0.1) is 0 Å². The Hall–Kier alpha value is -6.14. The van der Waals surface area contributed by atoms with Gasteiger partial charge in [-0.25, -0.2) is 9.97 Å². The van der Waals surface area contributed by atoms with Crippen molar-refractivity contribution in [2.24, 2.45) is 0 Å². The molecule has 0 aliphatic carbocycles. The van der Waals surface area contributed by atoms with Crippen molar-refractivity contribution in [3.05, 3.63) is 121 Å². The lowest BCUT2D eigenvalue weighted by Gasteiger charge is -2.26. The van der Waals surface area contributed by atoms with Gasteiger partial charge in [0, 0.05) is 54.1 Å². The Morgan fingerprint density at radius 3 is 1.83 bits per heavy atom. The van der Waals surface area contributed by atoms with Gasteiger partial charge in [-0.3, -0.25) is 24.1 Å². The van der Waals surface area contributed by atoms with E-state index in [1.54, 1.807) is 12.4 Å². The van der Waals surface area contributed by atoms with Crippen LogP contribution in [-0.2, 0) is 14.4 Å². The Morgan fingerprint density at radius 2 is 1.26 bits per heavy atom. The molecule has 1 aliphatic rings. The maximum atomic E-state index is 13.2. The van der Waals surface area contributed by atoms with Crippen LogP contribution in [0.2, 0.25) is 0 Å². The Balaban J connectivity index is 0.000000216. The normalized spacial score (nSPS) is 15.0. The summed E-state index contributed by atoms with van der Waals surface area (Å²) in [6.07, 6.45) is 18.8. The molecule has 1 fully saturated rings. The zero-order valence-corrected chi connectivity index (χ0v) is 38.4. The average Bonchev–Trinajstić information content (AvgIpc) is 4.12. The molecule has 1 saturated heterocycles. The van der Waals surface area contributed by atoms with Crippen LogP contribution in [0, 0.1) is 0 Å². The lowest BCUT2D eigenvalue weighted by Crippen LogP contribution is -2.45. The molecule has 3 aromatic carbocycles. The number of aromatic nitrogens is 3. The molecule has 0 bridgehead atoms. The van der Waals surface area contributed by atoms with Gasteiger partial charge in [-0.05, 0) is 75.7 Å². The van der Waals surface area contributed by atoms with Crippen LogP contribution < -0.4 is 10.6 Å². The molecule has 4 heterocycles. The number of likely N-dealkylation sites (N-methyl/N-ethyl adjacent to an activating group) is 1. The van der Waals surface area contributed by atoms with Gasteiger partial charge < -0.3 is 24.5 Å². The first-order valence-corrected chi connectivity index (χ1v) is 23.7. The number of amides is 2. The van der Waals surface area contributed by atoms with Gasteiger partial charge >= 0.3 is 0 Å². The van der Waals surface area contributed by atoms with Crippen LogP contribution in [0.3, 0.4) is 0 Å². The van der Waals surface area contributed by atoms with Gasteiger partial charge in [0.05, 0.1) is 18.4 Å². The topological polar surface area (TPSA) is 163 Å². The number of fused-ring (bicyclic) bond motifs is 1. The van der Waals surface area contributed by atoms with Crippen LogP contribution in [-0.4, -0.2) is 62.9 Å². The lowest BCUT2D eigenvalue weighted by molar-refractivity contribution is -0.127. The number of likely N-dealkylation sites (tertiary alicyclic amines) is 1. The number of hydrogen-bond acceptors (Lipinski definition) is 9. The summed E-state index contributed by atoms with van der Waals surface area (Å²) < 4.78 is 12.1. The summed E-state index contributed by atoms with van der Waals surface area (Å²) >= 11 is 0. The van der Waals surface area contributed by atoms with Crippen molar-refractivity contribution in [1.29, 1.82) is 0 Å². The number of rotatable bonds is 22. The van der Waals surface area contributed by atoms with Crippen molar-refractivity contribution < 1.29 is 28.0 Å². The number of carbonyl (C=O) groups is 4. The first-order valence-electron chi connectivity index (χ1n) is 23.7. The Labute approximate surface area is 383 Å². The molecule has 12 heteroatoms. The second-order valence-electron chi connectivity index (χ2n) is 17.1. The molecule has 3 N–H and O–H groups in total. The number of nitrogens with zero attached hydrogens (tertiary/aromatic N) is 3. The summed E-state index contributed by atoms with van der Waals surface area (Å²) in [5.74, 6) is 2.92. The van der Waals surface area contributed by atoms with E-state index in [1.165, 1.54) is 6.42 Å². The summed E-state index contributed by atoms with van der Waals surface area (Å²) in [6, 6.07) is 26.5. The summed E-state index contributed by atoms with van der Waals surface area (Å²) in [4.78, 5) is 63.7. The van der Waals surface area contributed by atoms with E-state index in [0.717, 1.165) is 92.8 Å². The van der Waals surface area contributed by atoms with Crippen molar-refractivity contribution in [2.75, 3.05) is 13.6 Å². The number of benzene rings is 3. The minimum Gasteiger partial charge on any atom is -0.438 e. The highest BCUT2D eigenvalue weighted by atomic mass is 16.4. The number of nitrogens with one attached hydrogen (secondary N) is 3. The summed E-state index contributed by atoms with van der Waals surface area (Å²) in [5.41, 5.74) is 3.41. The fraction of sp³-hybridized carbons (Fsp3) is 0.434. The van der Waals surface area contributed by atoms with Crippen LogP contribution in [0.1, 0.15) is 151 Å². The molecule has 0 saturated carbocycles. The van der Waals surface area contributed by atoms with Gasteiger partial charge in [0.15, 0.2) is 11.5 Å². The molecule has 7 rings (SSSR count). The molecule has 344 valence electrons. The van der Waals surface area contributed by atoms with Crippen LogP contribution in [0.25, 0.3) is 33.6 Å². The monoisotopic (exact) mass is 883 g/mol. The van der Waals surface area contributed by atoms with Crippen LogP contribution in [0.4, 0.5) is 0 Å². The van der Waals surface area contributed by atoms with Crippen LogP contribution in [0.15, 0.2) is 112 Å². The quantitative estimate of drug-likeness (QED) is 0.0563. The van der Waals surface area contributed by atoms with Crippen molar-refractivity contribution in [2.45, 2.75) is 135 Å². The van der Waals surface area contributed by atoms with Crippen LogP contribution >= 0.6 is 0 Å². The molecule has 3 aromatic heterocycles. The van der Waals surface area contributed by atoms with E-state index >= 15 is 0 Å². The Kier molecular flexibility index (Phi) is 18.9. The van der Waals surface area contributed by atoms with E-state index in [2.05, 4.69) is 30.5 Å². The molecule has 65 heavy (non-hydrogen) atoms. The van der Waals surface area contributed by atoms with Gasteiger partial charge in [0.2, 0.25) is 17.7 Å². The summed E-state index contributed by atoms with van der Waals surface area (Å²) in [5, 5.41) is 7.40. The number of H-pyrrole nitrogens is 1. The zero-order valence-electron chi connectivity index (χ0n) is 38.4. The second-order valence-corrected chi connectivity index (χ2v) is 17.1. The van der Waals surface area contributed by atoms with Gasteiger partial charge in [0.1, 0.15) is 23.7 Å². The third-order valence-electron chi connectivity index (χ3n) is 12.2. The molecular weight excluding hydrogens is 817 g/mol. The largest absolute Gasteiger partial charge is 0.438 e. The van der Waals surface area contributed by atoms with E-state index in [9.17, 15) is 19.2 Å². The van der Waals surface area contributed by atoms with Crippen molar-refractivity contribution in [3.63, 3.8) is 0 Å². The van der Waals surface area contributed by atoms with Gasteiger partial charge in [0.25, 0.3) is 5.91 Å². The molecule has 0 spiro atoms. The highest BCUT2D eigenvalue weighted by Crippen LogP contribution is 2.29. The molecule has 12 nitrogen and oxygen atoms in total. The molecule has 6 aromatic rings. The third-order valence-corrected chi connectivity index (χ3v) is 12.2. The Morgan fingerprint density at radius 1 is 0.692 bits per heavy atom. The summed E-state index contributed by atoms with van der Waals surface area (Å²) in [6.45, 7) is 4.75. The standard InChI is InChI=1S/C27H29N3O3.C26H37N3O3/c1-2-22(31)11-7-4-8-12-23(27-29-18-25(33-27)20-9-5-3-6-10-20)30-26(32)21-14-13-19-15-16-28-24(19)17-21;1-3-21(30)15-9-5-10-16-22(28-25(31)23-17-11-6-12-18-29(23)2)26-27-19-24(32-26)20-13-7-4-8-14-20/h3,5-6,9-10,13-18,23,28H,2,4,7-8,11-12H2,1H3,(H,30,32);4,7-8,13-14,19,22-23H,3,5-6,9-12,15-18H2,1-2H3,(H,28,31)/t;22-,23-/m.0/s1. The first-order chi connectivity index (χ1) is 31.7. The highest BCUT2D eigenvalue weighted by molar-refractivity contribution is 5.98. The average molecular weight is 883 g/mol. The van der Waals surface area contributed by atoms with Gasteiger partial charge in [-0.1, -0.05) is 119 Å². The molecule has 2 amide bonds. The fourth-order valence-electron chi connectivity index (χ4n) is 8.21. The minimum atomic E-state index is -0.351. The smallest absolute Gasteiger partial charge is 0.252 e. The minimum absolute atomic E-state index is 0.0556.